The highest BCUT2D eigenvalue weighted by atomic mass is 32.1. The third kappa shape index (κ3) is 3.63. The van der Waals surface area contributed by atoms with Crippen molar-refractivity contribution in [2.24, 2.45) is 34.5 Å². The molecule has 10 heteroatoms. The molecule has 0 aromatic carbocycles. The minimum atomic E-state index is -1.52. The highest BCUT2D eigenvalue weighted by Crippen LogP contribution is 2.68. The van der Waals surface area contributed by atoms with Gasteiger partial charge in [0.1, 0.15) is 5.78 Å². The number of Topliss-reactive ketones (excluding diaryl/α,β-unsaturated/α-hetero) is 1. The van der Waals surface area contributed by atoms with Crippen LogP contribution in [0.5, 0.6) is 0 Å². The van der Waals surface area contributed by atoms with E-state index in [1.807, 2.05) is 13.1 Å². The van der Waals surface area contributed by atoms with Gasteiger partial charge in [-0.1, -0.05) is 26.3 Å². The lowest BCUT2D eigenvalue weighted by Gasteiger charge is -2.59. The maximum Gasteiger partial charge on any atom is 0.375 e. The molecular formula is C32H32FN3O5S. The average molecular weight is 590 g/mol. The predicted octanol–water partition coefficient (Wildman–Crippen LogP) is 5.66. The molecule has 0 amide bonds. The molecule has 3 heterocycles. The van der Waals surface area contributed by atoms with E-state index in [1.54, 1.807) is 16.8 Å². The van der Waals surface area contributed by atoms with Crippen molar-refractivity contribution in [2.45, 2.75) is 58.5 Å². The van der Waals surface area contributed by atoms with Gasteiger partial charge in [-0.25, -0.2) is 14.5 Å². The van der Waals surface area contributed by atoms with Crippen molar-refractivity contribution in [2.75, 3.05) is 0 Å². The van der Waals surface area contributed by atoms with Gasteiger partial charge in [-0.15, -0.1) is 12.6 Å². The van der Waals surface area contributed by atoms with Gasteiger partial charge in [0.05, 0.1) is 30.0 Å². The van der Waals surface area contributed by atoms with E-state index >= 15 is 0 Å². The van der Waals surface area contributed by atoms with Crippen molar-refractivity contribution in [1.82, 2.24) is 14.8 Å². The topological polar surface area (TPSA) is 104 Å². The Labute approximate surface area is 248 Å². The molecule has 4 aliphatic rings. The lowest BCUT2D eigenvalue weighted by Crippen LogP contribution is -2.62. The Bertz CT molecular complexity index is 1650. The number of pyridine rings is 1. The van der Waals surface area contributed by atoms with Gasteiger partial charge in [-0.05, 0) is 79.3 Å². The molecule has 7 atom stereocenters. The smallest absolute Gasteiger partial charge is 0.375 e. The fourth-order valence-corrected chi connectivity index (χ4v) is 9.59. The SMILES string of the molecule is C[C@H]1C[C@@H]2C(C(=O)C[C@@]3(C)C2CC[C@]3(OC(=O)c2ccco2)C(=O)S)[C@@]2(C)Cc3cnn(-c4ccc(F)nc4)c3C=C12. The van der Waals surface area contributed by atoms with Crippen LogP contribution in [0, 0.1) is 40.4 Å². The van der Waals surface area contributed by atoms with Crippen LogP contribution in [-0.2, 0) is 20.7 Å². The lowest BCUT2D eigenvalue weighted by atomic mass is 9.44. The Hall–Kier alpha value is -3.53. The molecule has 3 fully saturated rings. The molecule has 8 nitrogen and oxygen atoms in total. The van der Waals surface area contributed by atoms with E-state index in [4.69, 9.17) is 9.15 Å². The summed E-state index contributed by atoms with van der Waals surface area (Å²) < 4.78 is 26.5. The van der Waals surface area contributed by atoms with Crippen LogP contribution in [0.1, 0.15) is 68.3 Å². The van der Waals surface area contributed by atoms with Gasteiger partial charge in [-0.3, -0.25) is 9.59 Å². The van der Waals surface area contributed by atoms with E-state index in [0.717, 1.165) is 17.7 Å². The van der Waals surface area contributed by atoms with Gasteiger partial charge in [0.2, 0.25) is 16.8 Å². The van der Waals surface area contributed by atoms with Crippen molar-refractivity contribution in [3.05, 3.63) is 71.5 Å². The largest absolute Gasteiger partial charge is 0.457 e. The number of ether oxygens (including phenoxy) is 1. The number of fused-ring (bicyclic) bond motifs is 6. The number of carbonyl (C=O) groups is 3. The summed E-state index contributed by atoms with van der Waals surface area (Å²) in [5.74, 6) is -1.23. The van der Waals surface area contributed by atoms with Gasteiger partial charge in [0.15, 0.2) is 5.60 Å². The van der Waals surface area contributed by atoms with Gasteiger partial charge in [-0.2, -0.15) is 9.49 Å². The summed E-state index contributed by atoms with van der Waals surface area (Å²) in [5, 5.41) is 4.08. The van der Waals surface area contributed by atoms with Crippen LogP contribution < -0.4 is 0 Å². The maximum atomic E-state index is 14.4. The quantitative estimate of drug-likeness (QED) is 0.238. The summed E-state index contributed by atoms with van der Waals surface area (Å²) in [6.07, 6.45) is 9.37. The van der Waals surface area contributed by atoms with Crippen LogP contribution in [0.3, 0.4) is 0 Å². The minimum absolute atomic E-state index is 0.00376. The van der Waals surface area contributed by atoms with Crippen molar-refractivity contribution in [3.8, 4) is 5.69 Å². The number of thiol groups is 1. The molecular weight excluding hydrogens is 557 g/mol. The van der Waals surface area contributed by atoms with Crippen molar-refractivity contribution < 1.29 is 27.9 Å². The number of allylic oxidation sites excluding steroid dienone is 1. The number of hydrogen-bond acceptors (Lipinski definition) is 7. The van der Waals surface area contributed by atoms with Crippen LogP contribution in [0.15, 0.2) is 52.9 Å². The molecule has 7 rings (SSSR count). The fourth-order valence-electron chi connectivity index (χ4n) is 9.18. The molecule has 0 bridgehead atoms. The Morgan fingerprint density at radius 3 is 2.69 bits per heavy atom. The highest BCUT2D eigenvalue weighted by molar-refractivity contribution is 7.96. The molecule has 0 aliphatic heterocycles. The Balaban J connectivity index is 1.25. The summed E-state index contributed by atoms with van der Waals surface area (Å²) in [5.41, 5.74) is 1.01. The number of halogens is 1. The first-order chi connectivity index (χ1) is 20.0. The zero-order valence-corrected chi connectivity index (χ0v) is 24.6. The minimum Gasteiger partial charge on any atom is -0.457 e. The number of furan rings is 1. The third-order valence-corrected chi connectivity index (χ3v) is 11.3. The summed E-state index contributed by atoms with van der Waals surface area (Å²) in [6.45, 7) is 6.32. The molecule has 3 aromatic rings. The molecule has 0 saturated heterocycles. The van der Waals surface area contributed by atoms with Crippen LogP contribution in [0.25, 0.3) is 11.8 Å². The number of rotatable bonds is 4. The monoisotopic (exact) mass is 589 g/mol. The van der Waals surface area contributed by atoms with Crippen molar-refractivity contribution >= 4 is 35.6 Å². The molecule has 2 unspecified atom stereocenters. The first-order valence-corrected chi connectivity index (χ1v) is 14.9. The van der Waals surface area contributed by atoms with Crippen LogP contribution >= 0.6 is 12.6 Å². The molecule has 3 aromatic heterocycles. The number of hydrogen-bond donors (Lipinski definition) is 1. The number of aromatic nitrogens is 3. The zero-order valence-electron chi connectivity index (χ0n) is 23.7. The van der Waals surface area contributed by atoms with E-state index in [1.165, 1.54) is 30.2 Å². The number of nitrogens with zero attached hydrogens (tertiary/aromatic N) is 3. The molecule has 4 aliphatic carbocycles. The van der Waals surface area contributed by atoms with Crippen LogP contribution in [0.2, 0.25) is 0 Å². The van der Waals surface area contributed by atoms with Crippen molar-refractivity contribution in [1.29, 1.82) is 0 Å². The maximum absolute atomic E-state index is 14.4. The Morgan fingerprint density at radius 1 is 1.19 bits per heavy atom. The summed E-state index contributed by atoms with van der Waals surface area (Å²) in [7, 11) is 0. The van der Waals surface area contributed by atoms with Gasteiger partial charge >= 0.3 is 5.97 Å². The molecule has 218 valence electrons. The first-order valence-electron chi connectivity index (χ1n) is 14.4. The fraction of sp³-hybridized carbons (Fsp3) is 0.469. The van der Waals surface area contributed by atoms with Gasteiger partial charge < -0.3 is 9.15 Å². The van der Waals surface area contributed by atoms with E-state index in [-0.39, 0.29) is 41.6 Å². The highest BCUT2D eigenvalue weighted by Gasteiger charge is 2.71. The average Bonchev–Trinajstić information content (AvgIpc) is 3.67. The molecule has 3 saturated carbocycles. The standard InChI is InChI=1S/C32H32FN3O5S/c1-17-11-20-21-8-9-32(29(39)42,41-28(38)25-5-4-10-40-25)31(21,3)14-24(37)27(20)30(2)13-18-15-35-36(23(18)12-22(17)30)19-6-7-26(33)34-16-19/h4-7,10,12,15-17,20-21,27H,8-9,11,13-14H2,1-3H3,(H,39,42)/t17-,20-,21?,27?,30-,31-,32-/m0/s1. The van der Waals surface area contributed by atoms with E-state index in [0.29, 0.717) is 24.9 Å². The molecule has 42 heavy (non-hydrogen) atoms. The zero-order chi connectivity index (χ0) is 29.6. The van der Waals surface area contributed by atoms with E-state index in [2.05, 4.69) is 42.6 Å². The molecule has 0 spiro atoms. The summed E-state index contributed by atoms with van der Waals surface area (Å²) in [6, 6.07) is 6.06. The van der Waals surface area contributed by atoms with Crippen LogP contribution in [0.4, 0.5) is 4.39 Å². The van der Waals surface area contributed by atoms with Gasteiger partial charge in [0.25, 0.3) is 0 Å². The third-order valence-electron chi connectivity index (χ3n) is 10.9. The molecule has 0 N–H and O–H groups in total. The number of carbonyl (C=O) groups excluding carboxylic acids is 3. The lowest BCUT2D eigenvalue weighted by molar-refractivity contribution is -0.165. The normalized spacial score (nSPS) is 35.0. The van der Waals surface area contributed by atoms with Crippen molar-refractivity contribution in [3.63, 3.8) is 0 Å². The van der Waals surface area contributed by atoms with E-state index in [9.17, 15) is 18.8 Å². The number of ketones is 1. The van der Waals surface area contributed by atoms with Gasteiger partial charge in [0, 0.05) is 23.2 Å². The summed E-state index contributed by atoms with van der Waals surface area (Å²) in [4.78, 5) is 44.4. The summed E-state index contributed by atoms with van der Waals surface area (Å²) >= 11 is 4.25. The number of esters is 1. The van der Waals surface area contributed by atoms with Crippen LogP contribution in [-0.4, -0.2) is 37.2 Å². The molecule has 0 radical (unpaired) electrons. The Kier molecular flexibility index (Phi) is 6.00. The van der Waals surface area contributed by atoms with E-state index < -0.39 is 33.5 Å². The predicted molar refractivity (Wildman–Crippen MR) is 153 cm³/mol. The second kappa shape index (κ2) is 9.23. The second-order valence-electron chi connectivity index (χ2n) is 13.0. The first kappa shape index (κ1) is 27.3. The second-order valence-corrected chi connectivity index (χ2v) is 13.4. The Morgan fingerprint density at radius 2 is 2.00 bits per heavy atom.